The van der Waals surface area contributed by atoms with Gasteiger partial charge in [0.1, 0.15) is 0 Å². The first kappa shape index (κ1) is 11.0. The summed E-state index contributed by atoms with van der Waals surface area (Å²) in [6.45, 7) is -0.0388. The molecule has 1 amide bonds. The molecule has 0 spiro atoms. The number of ether oxygens (including phenoxy) is 1. The molecule has 0 N–H and O–H groups in total. The van der Waals surface area contributed by atoms with Gasteiger partial charge in [0.2, 0.25) is 0 Å². The predicted molar refractivity (Wildman–Crippen MR) is 59.8 cm³/mol. The molecule has 0 unspecified atom stereocenters. The molecule has 0 fully saturated rings. The van der Waals surface area contributed by atoms with Gasteiger partial charge in [-0.2, -0.15) is 0 Å². The number of nitro benzene ring substituents is 1. The molecule has 6 heteroatoms. The van der Waals surface area contributed by atoms with E-state index in [0.717, 1.165) is 0 Å². The second-order valence-electron chi connectivity index (χ2n) is 3.38. The number of hydrogen-bond acceptors (Lipinski definition) is 4. The zero-order chi connectivity index (χ0) is 12.4. The van der Waals surface area contributed by atoms with Crippen LogP contribution in [0, 0.1) is 22.5 Å². The molecule has 0 aliphatic carbocycles. The standard InChI is InChI=1S/C11H8N2O4/c1-2-5-12-9-4-3-8(13(15)16)6-10(9)17-7-11(12)14/h1,3-4,6H,5,7H2. The molecule has 0 radical (unpaired) electrons. The molecular formula is C11H8N2O4. The number of nitrogens with zero attached hydrogens (tertiary/aromatic N) is 2. The van der Waals surface area contributed by atoms with Crippen LogP contribution in [0.5, 0.6) is 5.75 Å². The average molecular weight is 232 g/mol. The van der Waals surface area contributed by atoms with E-state index in [9.17, 15) is 14.9 Å². The molecule has 0 bridgehead atoms. The molecule has 2 rings (SSSR count). The molecule has 1 aliphatic rings. The molecule has 0 aromatic heterocycles. The minimum absolute atomic E-state index is 0.0845. The van der Waals surface area contributed by atoms with Crippen LogP contribution < -0.4 is 9.64 Å². The van der Waals surface area contributed by atoms with Crippen molar-refractivity contribution in [1.29, 1.82) is 0 Å². The number of anilines is 1. The van der Waals surface area contributed by atoms with Crippen molar-refractivity contribution in [3.05, 3.63) is 28.3 Å². The summed E-state index contributed by atoms with van der Waals surface area (Å²) in [5.41, 5.74) is 0.378. The maximum absolute atomic E-state index is 11.5. The van der Waals surface area contributed by atoms with Gasteiger partial charge in [-0.1, -0.05) is 5.92 Å². The second kappa shape index (κ2) is 4.14. The largest absolute Gasteiger partial charge is 0.481 e. The number of benzene rings is 1. The zero-order valence-electron chi connectivity index (χ0n) is 8.75. The van der Waals surface area contributed by atoms with Crippen LogP contribution in [0.1, 0.15) is 0 Å². The van der Waals surface area contributed by atoms with Gasteiger partial charge >= 0.3 is 0 Å². The Labute approximate surface area is 96.9 Å². The average Bonchev–Trinajstić information content (AvgIpc) is 2.32. The van der Waals surface area contributed by atoms with Crippen LogP contribution in [0.4, 0.5) is 11.4 Å². The Kier molecular flexibility index (Phi) is 2.66. The van der Waals surface area contributed by atoms with Crippen molar-refractivity contribution in [2.75, 3.05) is 18.1 Å². The summed E-state index contributed by atoms with van der Waals surface area (Å²) in [6.07, 6.45) is 5.16. The third-order valence-corrected chi connectivity index (χ3v) is 2.35. The number of fused-ring (bicyclic) bond motifs is 1. The Morgan fingerprint density at radius 3 is 3.00 bits per heavy atom. The third kappa shape index (κ3) is 1.90. The third-order valence-electron chi connectivity index (χ3n) is 2.35. The van der Waals surface area contributed by atoms with E-state index in [-0.39, 0.29) is 24.7 Å². The van der Waals surface area contributed by atoms with Gasteiger partial charge in [0.15, 0.2) is 12.4 Å². The highest BCUT2D eigenvalue weighted by Gasteiger charge is 2.26. The lowest BCUT2D eigenvalue weighted by atomic mass is 10.2. The number of nitro groups is 1. The Bertz CT molecular complexity index is 533. The highest BCUT2D eigenvalue weighted by atomic mass is 16.6. The second-order valence-corrected chi connectivity index (χ2v) is 3.38. The van der Waals surface area contributed by atoms with E-state index < -0.39 is 4.92 Å². The number of carbonyl (C=O) groups is 1. The fraction of sp³-hybridized carbons (Fsp3) is 0.182. The van der Waals surface area contributed by atoms with Crippen LogP contribution in [0.15, 0.2) is 18.2 Å². The quantitative estimate of drug-likeness (QED) is 0.432. The molecule has 0 saturated carbocycles. The lowest BCUT2D eigenvalue weighted by molar-refractivity contribution is -0.384. The van der Waals surface area contributed by atoms with E-state index in [4.69, 9.17) is 11.2 Å². The van der Waals surface area contributed by atoms with Gasteiger partial charge in [-0.05, 0) is 6.07 Å². The maximum atomic E-state index is 11.5. The normalized spacial score (nSPS) is 13.6. The van der Waals surface area contributed by atoms with Crippen molar-refractivity contribution in [3.8, 4) is 18.1 Å². The fourth-order valence-electron chi connectivity index (χ4n) is 1.57. The summed E-state index contributed by atoms with van der Waals surface area (Å²) in [5, 5.41) is 10.6. The number of carbonyl (C=O) groups excluding carboxylic acids is 1. The van der Waals surface area contributed by atoms with Crippen molar-refractivity contribution < 1.29 is 14.5 Å². The van der Waals surface area contributed by atoms with Crippen molar-refractivity contribution in [1.82, 2.24) is 0 Å². The van der Waals surface area contributed by atoms with E-state index >= 15 is 0 Å². The minimum Gasteiger partial charge on any atom is -0.481 e. The van der Waals surface area contributed by atoms with Crippen LogP contribution >= 0.6 is 0 Å². The van der Waals surface area contributed by atoms with Gasteiger partial charge in [-0.25, -0.2) is 0 Å². The lowest BCUT2D eigenvalue weighted by Gasteiger charge is -2.27. The number of terminal acetylenes is 1. The number of non-ortho nitro benzene ring substituents is 1. The monoisotopic (exact) mass is 232 g/mol. The highest BCUT2D eigenvalue weighted by molar-refractivity contribution is 5.98. The predicted octanol–water partition coefficient (Wildman–Crippen LogP) is 0.953. The molecule has 0 saturated heterocycles. The summed E-state index contributed by atoms with van der Waals surface area (Å²) >= 11 is 0. The molecule has 86 valence electrons. The Hall–Kier alpha value is -2.55. The van der Waals surface area contributed by atoms with Crippen LogP contribution in [0.25, 0.3) is 0 Å². The first-order chi connectivity index (χ1) is 8.13. The first-order valence-corrected chi connectivity index (χ1v) is 4.78. The number of rotatable bonds is 2. The molecule has 1 aromatic rings. The van der Waals surface area contributed by atoms with Crippen LogP contribution in [0.3, 0.4) is 0 Å². The summed E-state index contributed by atoms with van der Waals surface area (Å²) in [7, 11) is 0. The van der Waals surface area contributed by atoms with E-state index in [1.54, 1.807) is 0 Å². The van der Waals surface area contributed by atoms with Crippen molar-refractivity contribution in [2.45, 2.75) is 0 Å². The molecular weight excluding hydrogens is 224 g/mol. The lowest BCUT2D eigenvalue weighted by Crippen LogP contribution is -2.38. The van der Waals surface area contributed by atoms with Gasteiger partial charge in [-0.3, -0.25) is 19.8 Å². The highest BCUT2D eigenvalue weighted by Crippen LogP contribution is 2.34. The number of amides is 1. The Balaban J connectivity index is 2.44. The van der Waals surface area contributed by atoms with Gasteiger partial charge in [0.25, 0.3) is 11.6 Å². The summed E-state index contributed by atoms with van der Waals surface area (Å²) in [4.78, 5) is 23.0. The molecule has 1 heterocycles. The van der Waals surface area contributed by atoms with E-state index in [2.05, 4.69) is 5.92 Å². The molecule has 1 aromatic carbocycles. The molecule has 17 heavy (non-hydrogen) atoms. The fourth-order valence-corrected chi connectivity index (χ4v) is 1.57. The van der Waals surface area contributed by atoms with Gasteiger partial charge in [0, 0.05) is 6.07 Å². The number of hydrogen-bond donors (Lipinski definition) is 0. The summed E-state index contributed by atoms with van der Waals surface area (Å²) in [5.74, 6) is 2.40. The molecule has 0 atom stereocenters. The van der Waals surface area contributed by atoms with Gasteiger partial charge in [0.05, 0.1) is 23.2 Å². The smallest absolute Gasteiger partial charge is 0.273 e. The molecule has 6 nitrogen and oxygen atoms in total. The first-order valence-electron chi connectivity index (χ1n) is 4.78. The summed E-state index contributed by atoms with van der Waals surface area (Å²) in [6, 6.07) is 4.05. The minimum atomic E-state index is -0.522. The topological polar surface area (TPSA) is 72.7 Å². The van der Waals surface area contributed by atoms with E-state index in [1.807, 2.05) is 0 Å². The van der Waals surface area contributed by atoms with Crippen LogP contribution in [-0.2, 0) is 4.79 Å². The van der Waals surface area contributed by atoms with Gasteiger partial charge in [-0.15, -0.1) is 6.42 Å². The van der Waals surface area contributed by atoms with Gasteiger partial charge < -0.3 is 4.74 Å². The SMILES string of the molecule is C#CCN1C(=O)COc2cc([N+](=O)[O-])ccc21. The molecule has 1 aliphatic heterocycles. The van der Waals surface area contributed by atoms with Crippen LogP contribution in [0.2, 0.25) is 0 Å². The van der Waals surface area contributed by atoms with E-state index in [0.29, 0.717) is 11.4 Å². The van der Waals surface area contributed by atoms with Crippen molar-refractivity contribution >= 4 is 17.3 Å². The zero-order valence-corrected chi connectivity index (χ0v) is 8.75. The summed E-state index contributed by atoms with van der Waals surface area (Å²) < 4.78 is 5.14. The van der Waals surface area contributed by atoms with Crippen molar-refractivity contribution in [3.63, 3.8) is 0 Å². The Morgan fingerprint density at radius 2 is 2.35 bits per heavy atom. The maximum Gasteiger partial charge on any atom is 0.273 e. The van der Waals surface area contributed by atoms with E-state index in [1.165, 1.54) is 23.1 Å². The Morgan fingerprint density at radius 1 is 1.59 bits per heavy atom. The van der Waals surface area contributed by atoms with Crippen molar-refractivity contribution in [2.24, 2.45) is 0 Å². The van der Waals surface area contributed by atoms with Crippen LogP contribution in [-0.4, -0.2) is 24.0 Å².